The summed E-state index contributed by atoms with van der Waals surface area (Å²) in [7, 11) is 0. The molecule has 0 aliphatic carbocycles. The number of ketones is 1. The zero-order chi connectivity index (χ0) is 19.2. The lowest BCUT2D eigenvalue weighted by atomic mass is 10.1. The van der Waals surface area contributed by atoms with Crippen molar-refractivity contribution in [1.82, 2.24) is 29.9 Å². The van der Waals surface area contributed by atoms with Gasteiger partial charge in [0.05, 0.1) is 23.6 Å². The van der Waals surface area contributed by atoms with Crippen LogP contribution in [0.2, 0.25) is 0 Å². The predicted octanol–water partition coefficient (Wildman–Crippen LogP) is 1.96. The highest BCUT2D eigenvalue weighted by Crippen LogP contribution is 2.15. The van der Waals surface area contributed by atoms with Crippen LogP contribution in [0.3, 0.4) is 0 Å². The highest BCUT2D eigenvalue weighted by molar-refractivity contribution is 5.97. The van der Waals surface area contributed by atoms with Crippen LogP contribution in [0.25, 0.3) is 5.69 Å². The standard InChI is InChI=1S/C19H20N6O2/c1-3-24(13-9-18-20-10-8-16(23-18)14(2)26)19(27)15-6-4-5-7-17(15)25-21-11-12-22-25/h4-8,10-12H,3,9,13H2,1-2H3. The second kappa shape index (κ2) is 8.31. The van der Waals surface area contributed by atoms with Gasteiger partial charge in [-0.1, -0.05) is 12.1 Å². The highest BCUT2D eigenvalue weighted by atomic mass is 16.2. The molecule has 0 N–H and O–H groups in total. The molecule has 27 heavy (non-hydrogen) atoms. The molecule has 0 saturated carbocycles. The third-order valence-corrected chi connectivity index (χ3v) is 4.11. The van der Waals surface area contributed by atoms with E-state index in [9.17, 15) is 9.59 Å². The molecule has 1 aromatic carbocycles. The molecule has 0 radical (unpaired) electrons. The SMILES string of the molecule is CCN(CCc1nccc(C(C)=O)n1)C(=O)c1ccccc1-n1nccn1. The molecule has 0 aliphatic rings. The van der Waals surface area contributed by atoms with E-state index in [0.29, 0.717) is 42.3 Å². The van der Waals surface area contributed by atoms with Crippen LogP contribution in [-0.2, 0) is 6.42 Å². The zero-order valence-electron chi connectivity index (χ0n) is 15.2. The Balaban J connectivity index is 1.78. The molecule has 0 fully saturated rings. The van der Waals surface area contributed by atoms with Crippen molar-refractivity contribution in [3.05, 3.63) is 66.0 Å². The summed E-state index contributed by atoms with van der Waals surface area (Å²) in [6, 6.07) is 8.80. The van der Waals surface area contributed by atoms with Gasteiger partial charge in [-0.2, -0.15) is 15.0 Å². The number of carbonyl (C=O) groups excluding carboxylic acids is 2. The maximum Gasteiger partial charge on any atom is 0.256 e. The second-order valence-electron chi connectivity index (χ2n) is 5.88. The second-order valence-corrected chi connectivity index (χ2v) is 5.88. The van der Waals surface area contributed by atoms with Crippen molar-refractivity contribution in [3.8, 4) is 5.69 Å². The lowest BCUT2D eigenvalue weighted by molar-refractivity contribution is 0.0764. The minimum Gasteiger partial charge on any atom is -0.338 e. The molecule has 138 valence electrons. The molecule has 0 saturated heterocycles. The van der Waals surface area contributed by atoms with E-state index < -0.39 is 0 Å². The van der Waals surface area contributed by atoms with Crippen molar-refractivity contribution in [1.29, 1.82) is 0 Å². The van der Waals surface area contributed by atoms with Crippen molar-refractivity contribution in [2.45, 2.75) is 20.3 Å². The van der Waals surface area contributed by atoms with Crippen molar-refractivity contribution >= 4 is 11.7 Å². The van der Waals surface area contributed by atoms with Gasteiger partial charge in [0.1, 0.15) is 11.5 Å². The van der Waals surface area contributed by atoms with E-state index in [1.165, 1.54) is 11.7 Å². The first-order chi connectivity index (χ1) is 13.1. The fourth-order valence-corrected chi connectivity index (χ4v) is 2.69. The average molecular weight is 364 g/mol. The Hall–Kier alpha value is -3.42. The normalized spacial score (nSPS) is 10.6. The van der Waals surface area contributed by atoms with Crippen LogP contribution in [0.15, 0.2) is 48.9 Å². The van der Waals surface area contributed by atoms with Crippen LogP contribution in [0.5, 0.6) is 0 Å². The van der Waals surface area contributed by atoms with Gasteiger partial charge >= 0.3 is 0 Å². The van der Waals surface area contributed by atoms with E-state index in [1.807, 2.05) is 19.1 Å². The molecule has 0 spiro atoms. The number of likely N-dealkylation sites (N-methyl/N-ethyl adjacent to an activating group) is 1. The van der Waals surface area contributed by atoms with Gasteiger partial charge in [0, 0.05) is 32.6 Å². The summed E-state index contributed by atoms with van der Waals surface area (Å²) < 4.78 is 0. The van der Waals surface area contributed by atoms with Gasteiger partial charge in [-0.3, -0.25) is 9.59 Å². The largest absolute Gasteiger partial charge is 0.338 e. The number of Topliss-reactive ketones (excluding diaryl/α,β-unsaturated/α-hetero) is 1. The monoisotopic (exact) mass is 364 g/mol. The third-order valence-electron chi connectivity index (χ3n) is 4.11. The van der Waals surface area contributed by atoms with E-state index in [-0.39, 0.29) is 11.7 Å². The molecular formula is C19H20N6O2. The lowest BCUT2D eigenvalue weighted by Gasteiger charge is -2.21. The van der Waals surface area contributed by atoms with Crippen LogP contribution < -0.4 is 0 Å². The summed E-state index contributed by atoms with van der Waals surface area (Å²) in [5.41, 5.74) is 1.53. The molecule has 0 aliphatic heterocycles. The number of hydrogen-bond acceptors (Lipinski definition) is 6. The molecule has 8 nitrogen and oxygen atoms in total. The molecule has 0 unspecified atom stereocenters. The molecule has 3 rings (SSSR count). The number of hydrogen-bond donors (Lipinski definition) is 0. The number of aromatic nitrogens is 5. The van der Waals surface area contributed by atoms with Crippen molar-refractivity contribution in [2.24, 2.45) is 0 Å². The molecule has 0 bridgehead atoms. The van der Waals surface area contributed by atoms with Crippen molar-refractivity contribution in [2.75, 3.05) is 13.1 Å². The fraction of sp³-hybridized carbons (Fsp3) is 0.263. The van der Waals surface area contributed by atoms with Crippen LogP contribution in [-0.4, -0.2) is 54.6 Å². The molecule has 0 atom stereocenters. The van der Waals surface area contributed by atoms with Gasteiger partial charge < -0.3 is 4.90 Å². The third kappa shape index (κ3) is 4.22. The van der Waals surface area contributed by atoms with E-state index >= 15 is 0 Å². The molecule has 2 aromatic heterocycles. The Morgan fingerprint density at radius 3 is 2.52 bits per heavy atom. The fourth-order valence-electron chi connectivity index (χ4n) is 2.69. The van der Waals surface area contributed by atoms with Crippen LogP contribution in [0.1, 0.15) is 40.5 Å². The zero-order valence-corrected chi connectivity index (χ0v) is 15.2. The Morgan fingerprint density at radius 2 is 1.81 bits per heavy atom. The Kier molecular flexibility index (Phi) is 5.65. The average Bonchev–Trinajstić information content (AvgIpc) is 3.23. The topological polar surface area (TPSA) is 93.9 Å². The summed E-state index contributed by atoms with van der Waals surface area (Å²) in [5, 5.41) is 8.23. The Morgan fingerprint density at radius 1 is 1.07 bits per heavy atom. The van der Waals surface area contributed by atoms with E-state index in [0.717, 1.165) is 0 Å². The first-order valence-electron chi connectivity index (χ1n) is 8.68. The highest BCUT2D eigenvalue weighted by Gasteiger charge is 2.19. The van der Waals surface area contributed by atoms with E-state index in [4.69, 9.17) is 0 Å². The smallest absolute Gasteiger partial charge is 0.256 e. The number of benzene rings is 1. The lowest BCUT2D eigenvalue weighted by Crippen LogP contribution is -2.33. The number of carbonyl (C=O) groups is 2. The predicted molar refractivity (Wildman–Crippen MR) is 98.7 cm³/mol. The molecule has 2 heterocycles. The number of nitrogens with zero attached hydrogens (tertiary/aromatic N) is 6. The summed E-state index contributed by atoms with van der Waals surface area (Å²) >= 11 is 0. The van der Waals surface area contributed by atoms with Crippen molar-refractivity contribution < 1.29 is 9.59 Å². The first-order valence-corrected chi connectivity index (χ1v) is 8.68. The van der Waals surface area contributed by atoms with Crippen LogP contribution in [0.4, 0.5) is 0 Å². The van der Waals surface area contributed by atoms with Crippen LogP contribution >= 0.6 is 0 Å². The Labute approximate surface area is 156 Å². The van der Waals surface area contributed by atoms with E-state index in [2.05, 4.69) is 20.2 Å². The maximum atomic E-state index is 13.1. The molecule has 3 aromatic rings. The molecule has 1 amide bonds. The molecular weight excluding hydrogens is 344 g/mol. The maximum absolute atomic E-state index is 13.1. The number of para-hydroxylation sites is 1. The van der Waals surface area contributed by atoms with Crippen LogP contribution in [0, 0.1) is 0 Å². The first kappa shape index (κ1) is 18.4. The number of rotatable bonds is 7. The minimum absolute atomic E-state index is 0.109. The molecule has 8 heteroatoms. The van der Waals surface area contributed by atoms with Crippen molar-refractivity contribution in [3.63, 3.8) is 0 Å². The minimum atomic E-state index is -0.117. The summed E-state index contributed by atoms with van der Waals surface area (Å²) in [5.74, 6) is 0.312. The van der Waals surface area contributed by atoms with Gasteiger partial charge in [-0.05, 0) is 25.1 Å². The van der Waals surface area contributed by atoms with Gasteiger partial charge in [-0.15, -0.1) is 0 Å². The van der Waals surface area contributed by atoms with Gasteiger partial charge in [0.25, 0.3) is 5.91 Å². The summed E-state index contributed by atoms with van der Waals surface area (Å²) in [4.78, 5) is 36.1. The van der Waals surface area contributed by atoms with Gasteiger partial charge in [-0.25, -0.2) is 9.97 Å². The quantitative estimate of drug-likeness (QED) is 0.595. The summed E-state index contributed by atoms with van der Waals surface area (Å²) in [6.45, 7) is 4.36. The Bertz CT molecular complexity index is 939. The summed E-state index contributed by atoms with van der Waals surface area (Å²) in [6.07, 6.45) is 5.16. The van der Waals surface area contributed by atoms with E-state index in [1.54, 1.807) is 41.7 Å². The van der Waals surface area contributed by atoms with Gasteiger partial charge in [0.15, 0.2) is 5.78 Å². The van der Waals surface area contributed by atoms with Gasteiger partial charge in [0.2, 0.25) is 0 Å². The number of amides is 1.